The number of carbonyl (C=O) groups is 2. The molecule has 5 nitrogen and oxygen atoms in total. The fourth-order valence-corrected chi connectivity index (χ4v) is 1.76. The molecule has 108 valence electrons. The second-order valence-corrected chi connectivity index (χ2v) is 4.63. The van der Waals surface area contributed by atoms with Crippen molar-refractivity contribution in [3.05, 3.63) is 59.7 Å². The lowest BCUT2D eigenvalue weighted by Crippen LogP contribution is -2.29. The number of rotatable bonds is 3. The quantitative estimate of drug-likeness (QED) is 0.755. The van der Waals surface area contributed by atoms with Crippen molar-refractivity contribution < 1.29 is 14.7 Å². The van der Waals surface area contributed by atoms with Gasteiger partial charge < -0.3 is 15.7 Å². The van der Waals surface area contributed by atoms with Gasteiger partial charge in [0.15, 0.2) is 0 Å². The van der Waals surface area contributed by atoms with E-state index in [1.54, 1.807) is 36.4 Å². The van der Waals surface area contributed by atoms with Gasteiger partial charge in [0.25, 0.3) is 0 Å². The number of amides is 2. The van der Waals surface area contributed by atoms with Crippen molar-refractivity contribution >= 4 is 23.2 Å². The van der Waals surface area contributed by atoms with Gasteiger partial charge in [-0.05, 0) is 36.8 Å². The molecule has 5 heteroatoms. The van der Waals surface area contributed by atoms with Gasteiger partial charge in [-0.3, -0.25) is 9.59 Å². The molecular formula is C16H16N2O3. The third-order valence-electron chi connectivity index (χ3n) is 2.88. The van der Waals surface area contributed by atoms with Crippen LogP contribution in [0.3, 0.4) is 0 Å². The van der Waals surface area contributed by atoms with Crippen molar-refractivity contribution in [2.75, 3.05) is 10.6 Å². The van der Waals surface area contributed by atoms with Crippen molar-refractivity contribution in [3.8, 4) is 0 Å². The van der Waals surface area contributed by atoms with Gasteiger partial charge in [0.05, 0.1) is 6.61 Å². The number of benzene rings is 2. The van der Waals surface area contributed by atoms with Crippen LogP contribution in [-0.2, 0) is 16.2 Å². The maximum atomic E-state index is 11.8. The predicted molar refractivity (Wildman–Crippen MR) is 80.8 cm³/mol. The molecule has 0 aliphatic heterocycles. The summed E-state index contributed by atoms with van der Waals surface area (Å²) in [5.74, 6) is -1.50. The monoisotopic (exact) mass is 284 g/mol. The first-order valence-corrected chi connectivity index (χ1v) is 6.47. The molecule has 0 heterocycles. The van der Waals surface area contributed by atoms with Crippen LogP contribution >= 0.6 is 0 Å². The van der Waals surface area contributed by atoms with E-state index in [1.807, 2.05) is 19.1 Å². The standard InChI is InChI=1S/C16H16N2O3/c1-11-5-7-13(8-6-11)17-15(20)16(21)18-14-4-2-3-12(9-14)10-19/h2-9,19H,10H2,1H3,(H,17,20)(H,18,21). The average molecular weight is 284 g/mol. The summed E-state index contributed by atoms with van der Waals surface area (Å²) >= 11 is 0. The summed E-state index contributed by atoms with van der Waals surface area (Å²) in [5, 5.41) is 14.0. The van der Waals surface area contributed by atoms with Gasteiger partial charge in [-0.2, -0.15) is 0 Å². The largest absolute Gasteiger partial charge is 0.392 e. The molecule has 0 bridgehead atoms. The minimum absolute atomic E-state index is 0.126. The van der Waals surface area contributed by atoms with Crippen molar-refractivity contribution in [2.45, 2.75) is 13.5 Å². The molecule has 0 saturated heterocycles. The summed E-state index contributed by atoms with van der Waals surface area (Å²) < 4.78 is 0. The Labute approximate surface area is 122 Å². The van der Waals surface area contributed by atoms with Crippen LogP contribution in [0, 0.1) is 6.92 Å². The number of carbonyl (C=O) groups excluding carboxylic acids is 2. The van der Waals surface area contributed by atoms with E-state index in [-0.39, 0.29) is 6.61 Å². The zero-order valence-electron chi connectivity index (χ0n) is 11.6. The first-order chi connectivity index (χ1) is 10.1. The molecule has 0 unspecified atom stereocenters. The average Bonchev–Trinajstić information content (AvgIpc) is 2.49. The Hall–Kier alpha value is -2.66. The van der Waals surface area contributed by atoms with Crippen LogP contribution < -0.4 is 10.6 Å². The number of aliphatic hydroxyl groups excluding tert-OH is 1. The van der Waals surface area contributed by atoms with E-state index >= 15 is 0 Å². The number of hydrogen-bond acceptors (Lipinski definition) is 3. The van der Waals surface area contributed by atoms with Crippen LogP contribution in [0.4, 0.5) is 11.4 Å². The van der Waals surface area contributed by atoms with Crippen LogP contribution in [0.2, 0.25) is 0 Å². The summed E-state index contributed by atoms with van der Waals surface area (Å²) in [6.45, 7) is 1.81. The van der Waals surface area contributed by atoms with Crippen molar-refractivity contribution in [2.24, 2.45) is 0 Å². The molecule has 0 radical (unpaired) electrons. The lowest BCUT2D eigenvalue weighted by Gasteiger charge is -2.07. The van der Waals surface area contributed by atoms with Crippen LogP contribution in [-0.4, -0.2) is 16.9 Å². The number of aryl methyl sites for hydroxylation is 1. The minimum atomic E-state index is -0.759. The van der Waals surface area contributed by atoms with Gasteiger partial charge in [0, 0.05) is 11.4 Å². The van der Waals surface area contributed by atoms with Crippen LogP contribution in [0.1, 0.15) is 11.1 Å². The Morgan fingerprint density at radius 1 is 0.952 bits per heavy atom. The molecule has 2 aromatic carbocycles. The van der Waals surface area contributed by atoms with Crippen LogP contribution in [0.25, 0.3) is 0 Å². The van der Waals surface area contributed by atoms with Crippen molar-refractivity contribution in [3.63, 3.8) is 0 Å². The van der Waals surface area contributed by atoms with Gasteiger partial charge in [-0.15, -0.1) is 0 Å². The molecule has 2 rings (SSSR count). The molecule has 0 atom stereocenters. The highest BCUT2D eigenvalue weighted by Crippen LogP contribution is 2.11. The Morgan fingerprint density at radius 3 is 2.19 bits per heavy atom. The molecule has 0 fully saturated rings. The Kier molecular flexibility index (Phi) is 4.68. The molecule has 0 aromatic heterocycles. The van der Waals surface area contributed by atoms with Crippen molar-refractivity contribution in [1.29, 1.82) is 0 Å². The second kappa shape index (κ2) is 6.67. The first kappa shape index (κ1) is 14.7. The Bertz CT molecular complexity index is 651. The predicted octanol–water partition coefficient (Wildman–Crippen LogP) is 2.06. The summed E-state index contributed by atoms with van der Waals surface area (Å²) in [4.78, 5) is 23.6. The third-order valence-corrected chi connectivity index (χ3v) is 2.88. The maximum absolute atomic E-state index is 11.8. The van der Waals surface area contributed by atoms with E-state index in [0.29, 0.717) is 16.9 Å². The highest BCUT2D eigenvalue weighted by molar-refractivity contribution is 6.43. The zero-order valence-corrected chi connectivity index (χ0v) is 11.6. The Balaban J connectivity index is 1.99. The third kappa shape index (κ3) is 4.15. The highest BCUT2D eigenvalue weighted by Gasteiger charge is 2.14. The summed E-state index contributed by atoms with van der Waals surface area (Å²) in [5.41, 5.74) is 2.75. The molecule has 21 heavy (non-hydrogen) atoms. The number of hydrogen-bond donors (Lipinski definition) is 3. The number of anilines is 2. The lowest BCUT2D eigenvalue weighted by molar-refractivity contribution is -0.132. The lowest BCUT2D eigenvalue weighted by atomic mass is 10.2. The van der Waals surface area contributed by atoms with Gasteiger partial charge in [-0.1, -0.05) is 29.8 Å². The maximum Gasteiger partial charge on any atom is 0.314 e. The minimum Gasteiger partial charge on any atom is -0.392 e. The van der Waals surface area contributed by atoms with E-state index in [1.165, 1.54) is 0 Å². The molecule has 3 N–H and O–H groups in total. The topological polar surface area (TPSA) is 78.4 Å². The normalized spacial score (nSPS) is 10.0. The zero-order chi connectivity index (χ0) is 15.2. The number of nitrogens with one attached hydrogen (secondary N) is 2. The van der Waals surface area contributed by atoms with Gasteiger partial charge in [0.1, 0.15) is 0 Å². The summed E-state index contributed by atoms with van der Waals surface area (Å²) in [7, 11) is 0. The molecule has 0 saturated carbocycles. The van der Waals surface area contributed by atoms with Crippen molar-refractivity contribution in [1.82, 2.24) is 0 Å². The van der Waals surface area contributed by atoms with Gasteiger partial charge in [0.2, 0.25) is 0 Å². The van der Waals surface area contributed by atoms with E-state index in [0.717, 1.165) is 5.56 Å². The molecule has 2 aromatic rings. The van der Waals surface area contributed by atoms with E-state index in [9.17, 15) is 9.59 Å². The first-order valence-electron chi connectivity index (χ1n) is 6.47. The van der Waals surface area contributed by atoms with E-state index < -0.39 is 11.8 Å². The molecule has 0 aliphatic carbocycles. The SMILES string of the molecule is Cc1ccc(NC(=O)C(=O)Nc2cccc(CO)c2)cc1. The molecule has 0 spiro atoms. The van der Waals surface area contributed by atoms with Gasteiger partial charge >= 0.3 is 11.8 Å². The van der Waals surface area contributed by atoms with Gasteiger partial charge in [-0.25, -0.2) is 0 Å². The molecule has 0 aliphatic rings. The Morgan fingerprint density at radius 2 is 1.57 bits per heavy atom. The smallest absolute Gasteiger partial charge is 0.314 e. The fraction of sp³-hybridized carbons (Fsp3) is 0.125. The summed E-state index contributed by atoms with van der Waals surface area (Å²) in [6, 6.07) is 13.8. The number of aliphatic hydroxyl groups is 1. The van der Waals surface area contributed by atoms with Crippen LogP contribution in [0.15, 0.2) is 48.5 Å². The molecular weight excluding hydrogens is 268 g/mol. The molecule has 2 amide bonds. The highest BCUT2D eigenvalue weighted by atomic mass is 16.3. The van der Waals surface area contributed by atoms with E-state index in [4.69, 9.17) is 5.11 Å². The van der Waals surface area contributed by atoms with E-state index in [2.05, 4.69) is 10.6 Å². The van der Waals surface area contributed by atoms with Crippen LogP contribution in [0.5, 0.6) is 0 Å². The second-order valence-electron chi connectivity index (χ2n) is 4.63. The summed E-state index contributed by atoms with van der Waals surface area (Å²) in [6.07, 6.45) is 0. The fourth-order valence-electron chi connectivity index (χ4n) is 1.76.